The third-order valence-corrected chi connectivity index (χ3v) is 7.22. The van der Waals surface area contributed by atoms with Crippen LogP contribution in [0.1, 0.15) is 38.0 Å². The predicted octanol–water partition coefficient (Wildman–Crippen LogP) is 4.86. The maximum absolute atomic E-state index is 12.9. The fraction of sp³-hybridized carbons (Fsp3) is 0.231. The average Bonchev–Trinajstić information content (AvgIpc) is 3.02. The number of nitrogens with one attached hydrogen (secondary N) is 1. The number of benzene rings is 1. The topological polar surface area (TPSA) is 72.7 Å². The van der Waals surface area contributed by atoms with E-state index in [0.29, 0.717) is 6.42 Å². The van der Waals surface area contributed by atoms with Crippen molar-refractivity contribution in [2.45, 2.75) is 18.6 Å². The Hall–Kier alpha value is -3.45. The minimum absolute atomic E-state index is 0.101. The second-order valence-electron chi connectivity index (χ2n) is 8.10. The van der Waals surface area contributed by atoms with E-state index in [-0.39, 0.29) is 11.0 Å². The van der Waals surface area contributed by atoms with Crippen LogP contribution in [0.4, 0.5) is 5.82 Å². The summed E-state index contributed by atoms with van der Waals surface area (Å²) >= 11 is 1.88. The molecule has 6 nitrogen and oxygen atoms in total. The molecule has 7 heteroatoms. The highest BCUT2D eigenvalue weighted by Crippen LogP contribution is 2.45. The maximum Gasteiger partial charge on any atom is 0.167 e. The van der Waals surface area contributed by atoms with Gasteiger partial charge in [0.05, 0.1) is 10.9 Å². The number of carbonyl (C=O) groups excluding carboxylic acids is 1. The van der Waals surface area contributed by atoms with Crippen molar-refractivity contribution in [3.63, 3.8) is 0 Å². The van der Waals surface area contributed by atoms with Gasteiger partial charge in [0.2, 0.25) is 0 Å². The number of carbonyl (C=O) groups is 1. The molecule has 1 unspecified atom stereocenters. The molecule has 0 radical (unpaired) electrons. The van der Waals surface area contributed by atoms with Gasteiger partial charge in [-0.05, 0) is 36.2 Å². The zero-order chi connectivity index (χ0) is 22.8. The Morgan fingerprint density at radius 3 is 2.67 bits per heavy atom. The number of aromatic nitrogens is 4. The summed E-state index contributed by atoms with van der Waals surface area (Å²) < 4.78 is 1.91. The first kappa shape index (κ1) is 21.4. The number of pyridine rings is 2. The van der Waals surface area contributed by atoms with Gasteiger partial charge in [-0.2, -0.15) is 5.10 Å². The molecule has 4 aromatic rings. The van der Waals surface area contributed by atoms with Crippen LogP contribution in [0, 0.1) is 6.92 Å². The van der Waals surface area contributed by atoms with Crippen molar-refractivity contribution < 1.29 is 4.79 Å². The summed E-state index contributed by atoms with van der Waals surface area (Å²) in [5, 5.41) is 8.44. The highest BCUT2D eigenvalue weighted by molar-refractivity contribution is 7.99. The van der Waals surface area contributed by atoms with Gasteiger partial charge in [-0.25, -0.2) is 0 Å². The molecule has 3 aromatic heterocycles. The Balaban J connectivity index is 1.47. The van der Waals surface area contributed by atoms with Crippen molar-refractivity contribution in [1.82, 2.24) is 19.7 Å². The lowest BCUT2D eigenvalue weighted by molar-refractivity contribution is 0.0992. The van der Waals surface area contributed by atoms with E-state index < -0.39 is 0 Å². The van der Waals surface area contributed by atoms with Gasteiger partial charge in [0.1, 0.15) is 11.5 Å². The Labute approximate surface area is 197 Å². The molecular formula is C26H25N5OS. The number of Topliss-reactive ketones (excluding diaryl/α,β-unsaturated/α-hetero) is 1. The molecule has 166 valence electrons. The van der Waals surface area contributed by atoms with Gasteiger partial charge in [0.25, 0.3) is 0 Å². The molecule has 5 rings (SSSR count). The molecule has 1 aromatic carbocycles. The fourth-order valence-corrected chi connectivity index (χ4v) is 5.40. The molecule has 0 saturated heterocycles. The lowest BCUT2D eigenvalue weighted by atomic mass is 9.98. The number of fused-ring (bicyclic) bond motifs is 1. The van der Waals surface area contributed by atoms with E-state index >= 15 is 0 Å². The third-order valence-electron chi connectivity index (χ3n) is 5.94. The number of hydrogen-bond donors (Lipinski definition) is 1. The first-order valence-corrected chi connectivity index (χ1v) is 12.0. The van der Waals surface area contributed by atoms with Crippen LogP contribution in [0.5, 0.6) is 0 Å². The van der Waals surface area contributed by atoms with E-state index in [2.05, 4.69) is 27.4 Å². The SMILES string of the molecule is Cc1ncccc1CC(=O)c1ccc(C2SCCNc3c2c(-c2ccccn2)nn3C)cc1. The first-order valence-electron chi connectivity index (χ1n) is 11.0. The largest absolute Gasteiger partial charge is 0.369 e. The summed E-state index contributed by atoms with van der Waals surface area (Å²) in [6, 6.07) is 17.8. The van der Waals surface area contributed by atoms with E-state index in [0.717, 1.165) is 57.5 Å². The van der Waals surface area contributed by atoms with Gasteiger partial charge in [-0.3, -0.25) is 19.4 Å². The van der Waals surface area contributed by atoms with Gasteiger partial charge >= 0.3 is 0 Å². The van der Waals surface area contributed by atoms with Crippen LogP contribution in [0.2, 0.25) is 0 Å². The van der Waals surface area contributed by atoms with Crippen molar-refractivity contribution in [2.75, 3.05) is 17.6 Å². The molecule has 33 heavy (non-hydrogen) atoms. The lowest BCUT2D eigenvalue weighted by Crippen LogP contribution is -2.07. The predicted molar refractivity (Wildman–Crippen MR) is 133 cm³/mol. The smallest absolute Gasteiger partial charge is 0.167 e. The van der Waals surface area contributed by atoms with Crippen LogP contribution in [-0.4, -0.2) is 37.8 Å². The van der Waals surface area contributed by atoms with E-state index in [9.17, 15) is 4.79 Å². The van der Waals surface area contributed by atoms with Crippen molar-refractivity contribution >= 4 is 23.4 Å². The van der Waals surface area contributed by atoms with Gasteiger partial charge in [0.15, 0.2) is 5.78 Å². The summed E-state index contributed by atoms with van der Waals surface area (Å²) in [6.45, 7) is 2.81. The highest BCUT2D eigenvalue weighted by atomic mass is 32.2. The van der Waals surface area contributed by atoms with Crippen molar-refractivity contribution in [1.29, 1.82) is 0 Å². The van der Waals surface area contributed by atoms with Gasteiger partial charge in [-0.15, -0.1) is 11.8 Å². The van der Waals surface area contributed by atoms with Crippen LogP contribution in [0.15, 0.2) is 67.0 Å². The minimum atomic E-state index is 0.101. The van der Waals surface area contributed by atoms with Crippen molar-refractivity contribution in [2.24, 2.45) is 7.05 Å². The molecule has 1 N–H and O–H groups in total. The Morgan fingerprint density at radius 2 is 1.91 bits per heavy atom. The molecule has 0 bridgehead atoms. The second kappa shape index (κ2) is 9.19. The molecule has 0 aliphatic carbocycles. The summed E-state index contributed by atoms with van der Waals surface area (Å²) in [5.41, 5.74) is 6.64. The van der Waals surface area contributed by atoms with Crippen LogP contribution in [0.25, 0.3) is 11.4 Å². The Kier molecular flexibility index (Phi) is 5.96. The molecule has 1 atom stereocenters. The highest BCUT2D eigenvalue weighted by Gasteiger charge is 2.29. The molecule has 1 aliphatic rings. The molecule has 0 fully saturated rings. The lowest BCUT2D eigenvalue weighted by Gasteiger charge is -2.17. The standard InChI is InChI=1S/C26H25N5OS/c1-17-20(6-5-13-27-17)16-22(32)18-8-10-19(11-9-18)25-23-24(21-7-3-4-12-28-21)30-31(2)26(23)29-14-15-33-25/h3-13,25,29H,14-16H2,1-2H3. The maximum atomic E-state index is 12.9. The van der Waals surface area contributed by atoms with Crippen LogP contribution < -0.4 is 5.32 Å². The molecule has 0 spiro atoms. The number of nitrogens with zero attached hydrogens (tertiary/aromatic N) is 4. The quantitative estimate of drug-likeness (QED) is 0.433. The zero-order valence-electron chi connectivity index (χ0n) is 18.7. The minimum Gasteiger partial charge on any atom is -0.369 e. The second-order valence-corrected chi connectivity index (χ2v) is 9.31. The summed E-state index contributed by atoms with van der Waals surface area (Å²) in [5.74, 6) is 2.10. The van der Waals surface area contributed by atoms with Crippen LogP contribution >= 0.6 is 11.8 Å². The first-order chi connectivity index (χ1) is 16.1. The van der Waals surface area contributed by atoms with Gasteiger partial charge < -0.3 is 5.32 Å². The average molecular weight is 456 g/mol. The van der Waals surface area contributed by atoms with Gasteiger partial charge in [0, 0.05) is 55.0 Å². The number of hydrogen-bond acceptors (Lipinski definition) is 6. The van der Waals surface area contributed by atoms with E-state index in [1.807, 2.05) is 72.9 Å². The molecular weight excluding hydrogens is 430 g/mol. The molecule has 4 heterocycles. The fourth-order valence-electron chi connectivity index (χ4n) is 4.21. The van der Waals surface area contributed by atoms with Crippen molar-refractivity contribution in [3.8, 4) is 11.4 Å². The van der Waals surface area contributed by atoms with Crippen LogP contribution in [0.3, 0.4) is 0 Å². The normalized spacial score (nSPS) is 15.4. The molecule has 0 saturated carbocycles. The summed E-state index contributed by atoms with van der Waals surface area (Å²) in [4.78, 5) is 21.7. The van der Waals surface area contributed by atoms with Gasteiger partial charge in [-0.1, -0.05) is 36.4 Å². The van der Waals surface area contributed by atoms with E-state index in [1.165, 1.54) is 0 Å². The van der Waals surface area contributed by atoms with Crippen LogP contribution in [-0.2, 0) is 13.5 Å². The zero-order valence-corrected chi connectivity index (χ0v) is 19.5. The molecule has 1 aliphatic heterocycles. The summed E-state index contributed by atoms with van der Waals surface area (Å²) in [7, 11) is 1.97. The number of anilines is 1. The Morgan fingerprint density at radius 1 is 1.09 bits per heavy atom. The Bertz CT molecular complexity index is 1280. The van der Waals surface area contributed by atoms with E-state index in [1.54, 1.807) is 12.4 Å². The van der Waals surface area contributed by atoms with Crippen molar-refractivity contribution in [3.05, 3.63) is 94.9 Å². The van der Waals surface area contributed by atoms with E-state index in [4.69, 9.17) is 5.10 Å². The number of rotatable bonds is 5. The third kappa shape index (κ3) is 4.28. The summed E-state index contributed by atoms with van der Waals surface area (Å²) in [6.07, 6.45) is 3.91. The number of ketones is 1. The number of thioether (sulfide) groups is 1. The monoisotopic (exact) mass is 455 g/mol. The number of aryl methyl sites for hydroxylation is 2. The molecule has 0 amide bonds.